The van der Waals surface area contributed by atoms with Crippen LogP contribution in [-0.4, -0.2) is 61.1 Å². The first kappa shape index (κ1) is 27.4. The summed E-state index contributed by atoms with van der Waals surface area (Å²) in [4.78, 5) is 20.5. The lowest BCUT2D eigenvalue weighted by atomic mass is 9.82. The summed E-state index contributed by atoms with van der Waals surface area (Å²) in [6.45, 7) is 5.30. The molecule has 1 aliphatic carbocycles. The third kappa shape index (κ3) is 5.10. The van der Waals surface area contributed by atoms with Crippen LogP contribution in [0.3, 0.4) is 0 Å². The molecule has 11 nitrogen and oxygen atoms in total. The second kappa shape index (κ2) is 10.9. The first-order valence-corrected chi connectivity index (χ1v) is 15.5. The summed E-state index contributed by atoms with van der Waals surface area (Å²) in [6.07, 6.45) is 5.15. The molecule has 0 unspecified atom stereocenters. The predicted molar refractivity (Wildman–Crippen MR) is 153 cm³/mol. The monoisotopic (exact) mass is 578 g/mol. The number of ether oxygens (including phenoxy) is 1. The van der Waals surface area contributed by atoms with Crippen molar-refractivity contribution in [1.29, 1.82) is 0 Å². The number of rotatable bonds is 8. The molecule has 0 radical (unpaired) electrons. The molecule has 0 spiro atoms. The van der Waals surface area contributed by atoms with E-state index in [1.165, 1.54) is 13.8 Å². The van der Waals surface area contributed by atoms with E-state index in [-0.39, 0.29) is 22.0 Å². The van der Waals surface area contributed by atoms with Gasteiger partial charge < -0.3 is 14.2 Å². The third-order valence-electron chi connectivity index (χ3n) is 8.19. The van der Waals surface area contributed by atoms with Crippen LogP contribution in [-0.2, 0) is 14.8 Å². The van der Waals surface area contributed by atoms with E-state index in [2.05, 4.69) is 14.8 Å². The van der Waals surface area contributed by atoms with Crippen molar-refractivity contribution in [2.24, 2.45) is 5.92 Å². The number of benzene rings is 1. The van der Waals surface area contributed by atoms with Gasteiger partial charge in [-0.05, 0) is 63.6 Å². The van der Waals surface area contributed by atoms with Crippen LogP contribution in [0.4, 0.5) is 5.69 Å². The highest BCUT2D eigenvalue weighted by Gasteiger charge is 2.33. The second-order valence-corrected chi connectivity index (χ2v) is 12.6. The quantitative estimate of drug-likeness (QED) is 0.325. The number of methoxy groups -OCH3 is 1. The first-order chi connectivity index (χ1) is 19.8. The maximum Gasteiger partial charge on any atom is 0.283 e. The molecule has 0 atom stereocenters. The Balaban J connectivity index is 1.48. The molecule has 216 valence electrons. The van der Waals surface area contributed by atoms with E-state index in [4.69, 9.17) is 19.3 Å². The van der Waals surface area contributed by atoms with Gasteiger partial charge in [0.05, 0.1) is 22.5 Å². The lowest BCUT2D eigenvalue weighted by molar-refractivity contribution is 0.0977. The van der Waals surface area contributed by atoms with Crippen LogP contribution in [0.5, 0.6) is 0 Å². The number of para-hydroxylation sites is 1. The smallest absolute Gasteiger partial charge is 0.283 e. The normalized spacial score (nSPS) is 16.7. The molecular weight excluding hydrogens is 544 g/mol. The number of carbonyl (C=O) groups is 1. The molecular formula is C29H34N6O5S. The van der Waals surface area contributed by atoms with Crippen molar-refractivity contribution in [3.8, 4) is 5.69 Å². The van der Waals surface area contributed by atoms with Gasteiger partial charge in [0.15, 0.2) is 16.3 Å². The molecule has 3 aromatic heterocycles. The standard InChI is InChI=1S/C29H34N6O5S/c1-18-27(19(2)40-32-18)41(37,38)33-29(36)23-16-24(34-14-12-20(13-15-34)17-39-3)25-26(21-8-7-9-21)31-35(28(25)30-23)22-10-5-4-6-11-22/h4-6,10-11,16,20-21H,7-9,12-15,17H2,1-3H3,(H,33,36). The van der Waals surface area contributed by atoms with Gasteiger partial charge >= 0.3 is 0 Å². The minimum Gasteiger partial charge on any atom is -0.384 e. The lowest BCUT2D eigenvalue weighted by Crippen LogP contribution is -2.36. The molecule has 1 aliphatic heterocycles. The van der Waals surface area contributed by atoms with Gasteiger partial charge in [-0.25, -0.2) is 22.8 Å². The molecule has 1 saturated heterocycles. The summed E-state index contributed by atoms with van der Waals surface area (Å²) in [5, 5.41) is 9.71. The molecule has 4 aromatic rings. The highest BCUT2D eigenvalue weighted by molar-refractivity contribution is 7.90. The minimum absolute atomic E-state index is 0.000842. The average molecular weight is 579 g/mol. The molecule has 2 aliphatic rings. The highest BCUT2D eigenvalue weighted by atomic mass is 32.2. The molecule has 1 aromatic carbocycles. The fourth-order valence-corrected chi connectivity index (χ4v) is 7.16. The number of fused-ring (bicyclic) bond motifs is 1. The van der Waals surface area contributed by atoms with Crippen LogP contribution in [0.25, 0.3) is 16.7 Å². The van der Waals surface area contributed by atoms with Gasteiger partial charge in [0.25, 0.3) is 15.9 Å². The van der Waals surface area contributed by atoms with Crippen LogP contribution < -0.4 is 9.62 Å². The number of nitrogens with one attached hydrogen (secondary N) is 1. The highest BCUT2D eigenvalue weighted by Crippen LogP contribution is 2.43. The van der Waals surface area contributed by atoms with E-state index in [0.29, 0.717) is 24.1 Å². The van der Waals surface area contributed by atoms with Crippen molar-refractivity contribution in [2.75, 3.05) is 31.7 Å². The zero-order chi connectivity index (χ0) is 28.7. The van der Waals surface area contributed by atoms with Crippen LogP contribution in [0.15, 0.2) is 45.8 Å². The molecule has 12 heteroatoms. The molecule has 0 bridgehead atoms. The van der Waals surface area contributed by atoms with E-state index in [1.807, 2.05) is 30.3 Å². The van der Waals surface area contributed by atoms with Crippen LogP contribution >= 0.6 is 0 Å². The van der Waals surface area contributed by atoms with Crippen molar-refractivity contribution < 1.29 is 22.5 Å². The van der Waals surface area contributed by atoms with Crippen LogP contribution in [0.1, 0.15) is 65.7 Å². The Hall–Kier alpha value is -3.77. The summed E-state index contributed by atoms with van der Waals surface area (Å²) in [7, 11) is -2.52. The van der Waals surface area contributed by atoms with E-state index >= 15 is 0 Å². The minimum atomic E-state index is -4.24. The van der Waals surface area contributed by atoms with Crippen molar-refractivity contribution in [3.05, 3.63) is 59.2 Å². The van der Waals surface area contributed by atoms with E-state index in [0.717, 1.165) is 67.6 Å². The number of aromatic nitrogens is 4. The van der Waals surface area contributed by atoms with Crippen molar-refractivity contribution >= 4 is 32.7 Å². The number of hydrogen-bond acceptors (Lipinski definition) is 9. The molecule has 4 heterocycles. The second-order valence-electron chi connectivity index (χ2n) is 11.0. The number of anilines is 1. The Labute approximate surface area is 238 Å². The third-order valence-corrected chi connectivity index (χ3v) is 9.77. The van der Waals surface area contributed by atoms with E-state index in [9.17, 15) is 13.2 Å². The van der Waals surface area contributed by atoms with Crippen molar-refractivity contribution in [3.63, 3.8) is 0 Å². The summed E-state index contributed by atoms with van der Waals surface area (Å²) in [6, 6.07) is 11.4. The van der Waals surface area contributed by atoms with Crippen molar-refractivity contribution in [2.45, 2.75) is 56.8 Å². The number of aryl methyl sites for hydroxylation is 2. The van der Waals surface area contributed by atoms with Gasteiger partial charge in [0, 0.05) is 32.7 Å². The molecule has 1 amide bonds. The maximum atomic E-state index is 13.6. The zero-order valence-electron chi connectivity index (χ0n) is 23.5. The summed E-state index contributed by atoms with van der Waals surface area (Å²) >= 11 is 0. The Morgan fingerprint density at radius 1 is 1.12 bits per heavy atom. The fraction of sp³-hybridized carbons (Fsp3) is 0.448. The number of pyridine rings is 1. The lowest BCUT2D eigenvalue weighted by Gasteiger charge is -2.34. The molecule has 1 saturated carbocycles. The summed E-state index contributed by atoms with van der Waals surface area (Å²) in [5.74, 6) is 0.0647. The van der Waals surface area contributed by atoms with Gasteiger partial charge in [0.2, 0.25) is 0 Å². The zero-order valence-corrected chi connectivity index (χ0v) is 24.3. The summed E-state index contributed by atoms with van der Waals surface area (Å²) in [5.41, 5.74) is 3.37. The topological polar surface area (TPSA) is 132 Å². The van der Waals surface area contributed by atoms with Gasteiger partial charge in [-0.2, -0.15) is 5.10 Å². The average Bonchev–Trinajstić information content (AvgIpc) is 3.48. The SMILES string of the molecule is COCC1CCN(c2cc(C(=O)NS(=O)(=O)c3c(C)noc3C)nc3c2c(C2CCC2)nn3-c2ccccc2)CC1. The molecule has 6 rings (SSSR count). The predicted octanol–water partition coefficient (Wildman–Crippen LogP) is 4.27. The molecule has 2 fully saturated rings. The van der Waals surface area contributed by atoms with Gasteiger partial charge in [0.1, 0.15) is 11.4 Å². The van der Waals surface area contributed by atoms with Gasteiger partial charge in [-0.3, -0.25) is 4.79 Å². The van der Waals surface area contributed by atoms with Crippen molar-refractivity contribution in [1.82, 2.24) is 24.6 Å². The first-order valence-electron chi connectivity index (χ1n) is 14.0. The Morgan fingerprint density at radius 2 is 1.85 bits per heavy atom. The number of sulfonamides is 1. The summed E-state index contributed by atoms with van der Waals surface area (Å²) < 4.78 is 40.8. The number of nitrogens with zero attached hydrogens (tertiary/aromatic N) is 5. The Morgan fingerprint density at radius 3 is 2.46 bits per heavy atom. The number of piperidine rings is 1. The largest absolute Gasteiger partial charge is 0.384 e. The fourth-order valence-electron chi connectivity index (χ4n) is 5.86. The molecule has 1 N–H and O–H groups in total. The number of amides is 1. The van der Waals surface area contributed by atoms with E-state index < -0.39 is 15.9 Å². The van der Waals surface area contributed by atoms with Gasteiger partial charge in [-0.15, -0.1) is 0 Å². The number of carbonyl (C=O) groups excluding carboxylic acids is 1. The number of hydrogen-bond donors (Lipinski definition) is 1. The Bertz CT molecular complexity index is 1670. The molecule has 41 heavy (non-hydrogen) atoms. The van der Waals surface area contributed by atoms with Crippen LogP contribution in [0, 0.1) is 19.8 Å². The van der Waals surface area contributed by atoms with Gasteiger partial charge in [-0.1, -0.05) is 29.8 Å². The van der Waals surface area contributed by atoms with E-state index in [1.54, 1.807) is 17.9 Å². The van der Waals surface area contributed by atoms with Crippen LogP contribution in [0.2, 0.25) is 0 Å². The maximum absolute atomic E-state index is 13.6. The Kier molecular flexibility index (Phi) is 7.28.